The van der Waals surface area contributed by atoms with Crippen molar-refractivity contribution in [3.05, 3.63) is 0 Å². The Bertz CT molecular complexity index is 1530. The zero-order valence-electron chi connectivity index (χ0n) is 47.3. The van der Waals surface area contributed by atoms with Crippen molar-refractivity contribution in [1.29, 1.82) is 0 Å². The molecule has 0 radical (unpaired) electrons. The van der Waals surface area contributed by atoms with Gasteiger partial charge in [-0.1, -0.05) is 126 Å². The highest BCUT2D eigenvalue weighted by molar-refractivity contribution is 5.23. The van der Waals surface area contributed by atoms with Crippen LogP contribution in [-0.2, 0) is 0 Å². The van der Waals surface area contributed by atoms with Crippen molar-refractivity contribution in [2.24, 2.45) is 96.6 Å². The molecular formula is C68H118. The molecule has 0 heteroatoms. The van der Waals surface area contributed by atoms with Crippen LogP contribution in [0, 0.1) is 96.6 Å². The van der Waals surface area contributed by atoms with E-state index in [4.69, 9.17) is 0 Å². The first kappa shape index (κ1) is 51.5. The van der Waals surface area contributed by atoms with E-state index in [2.05, 4.69) is 48.5 Å². The van der Waals surface area contributed by atoms with Crippen LogP contribution in [-0.4, -0.2) is 0 Å². The van der Waals surface area contributed by atoms with Crippen molar-refractivity contribution in [3.63, 3.8) is 0 Å². The summed E-state index contributed by atoms with van der Waals surface area (Å²) in [5, 5.41) is 0. The standard InChI is InChI=1S/C11H18.C11H20.2C10H18.C9H14.C9H16.C8H14/c1-11-5-8-2-9(6-11)4-10(3-8)7-11;1-11-7-2-4-10(6-9-11)5-3-8-11;1-10-6-2-4-9(8-10)5-3-7-10;1-10-6-2-3-9(4-7-10)5-8-10;1-8-6-9(8)4-2-7(8)3-5-9;1-9-5-2-3-8(7-9)4-6-9;1-8-4-2-7(6-8)3-5-8/h8-10H,2-7H2,1H3;10H,2-9H2,1H3;2*9H,2-8H2,1H3;7H,2-6H2,1H3;8H,2-7H2,1H3;7H,2-6H2,1H3. The zero-order valence-corrected chi connectivity index (χ0v) is 47.3. The highest BCUT2D eigenvalue weighted by Crippen LogP contribution is 2.83. The summed E-state index contributed by atoms with van der Waals surface area (Å²) in [7, 11) is 0. The van der Waals surface area contributed by atoms with Crippen molar-refractivity contribution >= 4 is 0 Å². The normalized spacial score (nSPS) is 52.7. The van der Waals surface area contributed by atoms with Crippen molar-refractivity contribution < 1.29 is 0 Å². The van der Waals surface area contributed by atoms with Gasteiger partial charge in [-0.25, -0.2) is 0 Å². The fraction of sp³-hybridized carbons (Fsp3) is 1.00. The molecule has 0 aromatic heterocycles. The predicted octanol–water partition coefficient (Wildman–Crippen LogP) is 21.9. The van der Waals surface area contributed by atoms with Gasteiger partial charge < -0.3 is 0 Å². The minimum atomic E-state index is 0.755. The molecule has 16 bridgehead atoms. The lowest BCUT2D eigenvalue weighted by Gasteiger charge is -2.55. The molecule has 0 amide bonds. The molecule has 0 spiro atoms. The molecular weight excluding hydrogens is 817 g/mol. The Morgan fingerprint density at radius 3 is 0.809 bits per heavy atom. The Balaban J connectivity index is 0.0000000927. The zero-order chi connectivity index (χ0) is 47.3. The molecule has 0 aromatic carbocycles. The Kier molecular flexibility index (Phi) is 15.6. The van der Waals surface area contributed by atoms with E-state index in [1.54, 1.807) is 89.9 Å². The van der Waals surface area contributed by atoms with E-state index in [1.165, 1.54) is 193 Å². The van der Waals surface area contributed by atoms with E-state index in [0.717, 1.165) is 96.6 Å². The summed E-state index contributed by atoms with van der Waals surface area (Å²) in [4.78, 5) is 0. The van der Waals surface area contributed by atoms with Gasteiger partial charge in [-0.2, -0.15) is 0 Å². The molecule has 0 aliphatic heterocycles. The van der Waals surface area contributed by atoms with Gasteiger partial charge in [0.15, 0.2) is 0 Å². The minimum absolute atomic E-state index is 0.755. The van der Waals surface area contributed by atoms with Crippen molar-refractivity contribution in [3.8, 4) is 0 Å². The van der Waals surface area contributed by atoms with Crippen LogP contribution in [0.2, 0.25) is 0 Å². The van der Waals surface area contributed by atoms with Crippen LogP contribution in [0.1, 0.15) is 331 Å². The average molecular weight is 936 g/mol. The predicted molar refractivity (Wildman–Crippen MR) is 294 cm³/mol. The third kappa shape index (κ3) is 12.2. The molecule has 18 fully saturated rings. The van der Waals surface area contributed by atoms with E-state index in [0.29, 0.717) is 0 Å². The molecule has 18 rings (SSSR count). The summed E-state index contributed by atoms with van der Waals surface area (Å²) in [6, 6.07) is 0. The fourth-order valence-electron chi connectivity index (χ4n) is 22.3. The fourth-order valence-corrected chi connectivity index (χ4v) is 22.3. The first-order valence-electron chi connectivity index (χ1n) is 32.4. The van der Waals surface area contributed by atoms with Gasteiger partial charge in [0.1, 0.15) is 0 Å². The molecule has 0 aromatic rings. The van der Waals surface area contributed by atoms with Crippen LogP contribution in [0.5, 0.6) is 0 Å². The van der Waals surface area contributed by atoms with E-state index in [-0.39, 0.29) is 0 Å². The molecule has 0 N–H and O–H groups in total. The van der Waals surface area contributed by atoms with Gasteiger partial charge in [-0.05, 0) is 302 Å². The lowest BCUT2D eigenvalue weighted by atomic mass is 9.50. The van der Waals surface area contributed by atoms with Gasteiger partial charge in [0.05, 0.1) is 0 Å². The molecule has 0 heterocycles. The van der Waals surface area contributed by atoms with E-state index in [1.807, 2.05) is 0 Å². The van der Waals surface area contributed by atoms with E-state index in [9.17, 15) is 0 Å². The number of hydrogen-bond acceptors (Lipinski definition) is 0. The summed E-state index contributed by atoms with van der Waals surface area (Å²) >= 11 is 0. The number of rotatable bonds is 0. The molecule has 3 unspecified atom stereocenters. The summed E-state index contributed by atoms with van der Waals surface area (Å²) in [6.07, 6.45) is 67.8. The van der Waals surface area contributed by atoms with Crippen LogP contribution < -0.4 is 0 Å². The van der Waals surface area contributed by atoms with Crippen molar-refractivity contribution in [1.82, 2.24) is 0 Å². The van der Waals surface area contributed by atoms with Crippen LogP contribution in [0.25, 0.3) is 0 Å². The van der Waals surface area contributed by atoms with E-state index < -0.39 is 0 Å². The first-order chi connectivity index (χ1) is 32.4. The molecule has 18 aliphatic carbocycles. The third-order valence-corrected chi connectivity index (χ3v) is 26.6. The maximum atomic E-state index is 2.54. The lowest BCUT2D eigenvalue weighted by Crippen LogP contribution is -2.44. The van der Waals surface area contributed by atoms with Gasteiger partial charge >= 0.3 is 0 Å². The number of hydrogen-bond donors (Lipinski definition) is 0. The Morgan fingerprint density at radius 1 is 0.235 bits per heavy atom. The van der Waals surface area contributed by atoms with Crippen molar-refractivity contribution in [2.45, 2.75) is 331 Å². The Morgan fingerprint density at radius 2 is 0.515 bits per heavy atom. The number of fused-ring (bicyclic) bond motifs is 13. The molecule has 0 nitrogen and oxygen atoms in total. The van der Waals surface area contributed by atoms with Gasteiger partial charge in [-0.3, -0.25) is 0 Å². The second-order valence-electron chi connectivity index (χ2n) is 33.0. The van der Waals surface area contributed by atoms with Crippen LogP contribution in [0.4, 0.5) is 0 Å². The quantitative estimate of drug-likeness (QED) is 0.227. The second-order valence-corrected chi connectivity index (χ2v) is 33.0. The van der Waals surface area contributed by atoms with Crippen LogP contribution >= 0.6 is 0 Å². The summed E-state index contributed by atoms with van der Waals surface area (Å²) in [6.45, 7) is 17.5. The average Bonchev–Trinajstić information content (AvgIpc) is 3.40. The van der Waals surface area contributed by atoms with Crippen LogP contribution in [0.3, 0.4) is 0 Å². The third-order valence-electron chi connectivity index (χ3n) is 26.6. The SMILES string of the molecule is CC12CC13CCC2CC3.CC12CC3CC(CC(C3)C1)C2.CC12CCC(CC1)C2.CC12CCCC(CC1)C2.CC12CCCC(CC1)CC2.CC12CCCC(CCC1)C2.CC12CCCC(CCC1)CC2. The maximum absolute atomic E-state index is 2.54. The summed E-state index contributed by atoms with van der Waals surface area (Å²) in [5.74, 6) is 10.2. The van der Waals surface area contributed by atoms with Gasteiger partial charge in [0.25, 0.3) is 0 Å². The maximum Gasteiger partial charge on any atom is -0.0235 e. The lowest BCUT2D eigenvalue weighted by molar-refractivity contribution is -0.0411. The first-order valence-corrected chi connectivity index (χ1v) is 32.4. The molecule has 68 heavy (non-hydrogen) atoms. The minimum Gasteiger partial charge on any atom is -0.0596 e. The molecule has 390 valence electrons. The monoisotopic (exact) mass is 935 g/mol. The second kappa shape index (κ2) is 20.6. The van der Waals surface area contributed by atoms with Crippen LogP contribution in [0.15, 0.2) is 0 Å². The Labute approximate surface area is 425 Å². The van der Waals surface area contributed by atoms with Gasteiger partial charge in [0.2, 0.25) is 0 Å². The molecule has 0 saturated heterocycles. The van der Waals surface area contributed by atoms with E-state index >= 15 is 0 Å². The molecule has 18 saturated carbocycles. The summed E-state index contributed by atoms with van der Waals surface area (Å²) < 4.78 is 0. The topological polar surface area (TPSA) is 0 Å². The smallest absolute Gasteiger partial charge is 0.0235 e. The highest BCUT2D eigenvalue weighted by Gasteiger charge is 2.73. The van der Waals surface area contributed by atoms with Gasteiger partial charge in [-0.15, -0.1) is 0 Å². The van der Waals surface area contributed by atoms with Gasteiger partial charge in [0, 0.05) is 0 Å². The Hall–Kier alpha value is 0. The summed E-state index contributed by atoms with van der Waals surface area (Å²) in [5.41, 5.74) is 6.49. The highest BCUT2D eigenvalue weighted by atomic mass is 14.8. The molecule has 3 atom stereocenters. The largest absolute Gasteiger partial charge is 0.0596 e. The molecule has 18 aliphatic rings. The van der Waals surface area contributed by atoms with Crippen molar-refractivity contribution in [2.75, 3.05) is 0 Å².